The quantitative estimate of drug-likeness (QED) is 0.642. The van der Waals surface area contributed by atoms with Crippen molar-refractivity contribution in [2.75, 3.05) is 11.9 Å². The number of amides is 1. The van der Waals surface area contributed by atoms with Gasteiger partial charge in [-0.15, -0.1) is 0 Å². The summed E-state index contributed by atoms with van der Waals surface area (Å²) >= 11 is 5.95. The molecule has 0 radical (unpaired) electrons. The highest BCUT2D eigenvalue weighted by Crippen LogP contribution is 2.25. The van der Waals surface area contributed by atoms with E-state index in [-0.39, 0.29) is 10.8 Å². The van der Waals surface area contributed by atoms with Crippen LogP contribution in [0.25, 0.3) is 0 Å². The summed E-state index contributed by atoms with van der Waals surface area (Å²) in [5.74, 6) is -0.309. The second kappa shape index (κ2) is 8.22. The van der Waals surface area contributed by atoms with Crippen molar-refractivity contribution in [3.05, 3.63) is 94.0 Å². The molecule has 0 unspecified atom stereocenters. The van der Waals surface area contributed by atoms with Gasteiger partial charge in [0.25, 0.3) is 5.91 Å². The lowest BCUT2D eigenvalue weighted by atomic mass is 10.0. The molecular weight excluding hydrogens is 420 g/mol. The highest BCUT2D eigenvalue weighted by atomic mass is 35.5. The van der Waals surface area contributed by atoms with E-state index >= 15 is 0 Å². The number of nitrogens with one attached hydrogen (secondary N) is 1. The lowest BCUT2D eigenvalue weighted by Crippen LogP contribution is -2.35. The molecule has 3 aromatic carbocycles. The van der Waals surface area contributed by atoms with Crippen molar-refractivity contribution in [3.8, 4) is 0 Å². The van der Waals surface area contributed by atoms with E-state index in [4.69, 9.17) is 11.6 Å². The van der Waals surface area contributed by atoms with Crippen molar-refractivity contribution in [2.24, 2.45) is 0 Å². The largest absolute Gasteiger partial charge is 0.322 e. The number of sulfonamides is 1. The molecule has 0 aliphatic carbocycles. The van der Waals surface area contributed by atoms with Gasteiger partial charge in [-0.1, -0.05) is 35.9 Å². The molecule has 4 rings (SSSR count). The molecule has 0 aromatic heterocycles. The van der Waals surface area contributed by atoms with Crippen LogP contribution in [0, 0.1) is 6.92 Å². The molecule has 154 valence electrons. The lowest BCUT2D eigenvalue weighted by Gasteiger charge is -2.28. The first-order chi connectivity index (χ1) is 14.3. The van der Waals surface area contributed by atoms with Gasteiger partial charge in [0.2, 0.25) is 10.0 Å². The average molecular weight is 441 g/mol. The molecule has 0 atom stereocenters. The van der Waals surface area contributed by atoms with Gasteiger partial charge in [0, 0.05) is 29.4 Å². The molecule has 0 fully saturated rings. The molecule has 0 spiro atoms. The minimum atomic E-state index is -3.63. The number of carbonyl (C=O) groups excluding carboxylic acids is 1. The van der Waals surface area contributed by atoms with Crippen LogP contribution in [0.5, 0.6) is 0 Å². The average Bonchev–Trinajstić information content (AvgIpc) is 2.75. The van der Waals surface area contributed by atoms with Crippen LogP contribution in [0.15, 0.2) is 71.6 Å². The fraction of sp³-hybridized carbons (Fsp3) is 0.174. The summed E-state index contributed by atoms with van der Waals surface area (Å²) < 4.78 is 27.6. The normalized spacial score (nSPS) is 14.2. The number of carbonyl (C=O) groups is 1. The summed E-state index contributed by atoms with van der Waals surface area (Å²) in [6.45, 7) is 2.65. The minimum Gasteiger partial charge on any atom is -0.322 e. The monoisotopic (exact) mass is 440 g/mol. The molecular formula is C23H21ClN2O3S. The van der Waals surface area contributed by atoms with Gasteiger partial charge in [-0.25, -0.2) is 8.42 Å². The molecule has 1 N–H and O–H groups in total. The Labute approximate surface area is 181 Å². The van der Waals surface area contributed by atoms with E-state index in [2.05, 4.69) is 5.32 Å². The molecule has 0 bridgehead atoms. The first kappa shape index (κ1) is 20.6. The molecule has 30 heavy (non-hydrogen) atoms. The number of anilines is 1. The van der Waals surface area contributed by atoms with Crippen LogP contribution in [-0.4, -0.2) is 25.2 Å². The summed E-state index contributed by atoms with van der Waals surface area (Å²) in [6.07, 6.45) is 0.691. The van der Waals surface area contributed by atoms with Crippen LogP contribution in [0.3, 0.4) is 0 Å². The van der Waals surface area contributed by atoms with Crippen molar-refractivity contribution in [2.45, 2.75) is 24.8 Å². The maximum Gasteiger partial charge on any atom is 0.255 e. The number of hydrogen-bond donors (Lipinski definition) is 1. The Bertz CT molecular complexity index is 1210. The van der Waals surface area contributed by atoms with E-state index in [1.54, 1.807) is 18.2 Å². The van der Waals surface area contributed by atoms with Crippen LogP contribution in [0.1, 0.15) is 27.0 Å². The SMILES string of the molecule is Cc1cc(Cl)ccc1NC(=O)c1ccc(S(=O)(=O)N2CCc3ccccc3C2)cc1. The van der Waals surface area contributed by atoms with Gasteiger partial charge in [0.1, 0.15) is 0 Å². The Balaban J connectivity index is 1.51. The van der Waals surface area contributed by atoms with Crippen molar-refractivity contribution < 1.29 is 13.2 Å². The van der Waals surface area contributed by atoms with Gasteiger partial charge >= 0.3 is 0 Å². The Morgan fingerprint density at radius 1 is 1.00 bits per heavy atom. The van der Waals surface area contributed by atoms with Crippen LogP contribution >= 0.6 is 11.6 Å². The molecule has 5 nitrogen and oxygen atoms in total. The summed E-state index contributed by atoms with van der Waals surface area (Å²) in [5.41, 5.74) is 4.11. The predicted octanol–water partition coefficient (Wildman–Crippen LogP) is 4.65. The first-order valence-electron chi connectivity index (χ1n) is 9.59. The standard InChI is InChI=1S/C23H21ClN2O3S/c1-16-14-20(24)8-11-22(16)25-23(27)18-6-9-21(10-7-18)30(28,29)26-13-12-17-4-2-3-5-19(17)15-26/h2-11,14H,12-13,15H2,1H3,(H,25,27). The van der Waals surface area contributed by atoms with E-state index in [9.17, 15) is 13.2 Å². The zero-order chi connectivity index (χ0) is 21.3. The third-order valence-electron chi connectivity index (χ3n) is 5.29. The second-order valence-electron chi connectivity index (χ2n) is 7.30. The molecule has 0 saturated heterocycles. The van der Waals surface area contributed by atoms with Crippen molar-refractivity contribution in [1.29, 1.82) is 0 Å². The number of nitrogens with zero attached hydrogens (tertiary/aromatic N) is 1. The Morgan fingerprint density at radius 2 is 1.70 bits per heavy atom. The van der Waals surface area contributed by atoms with E-state index < -0.39 is 10.0 Å². The number of rotatable bonds is 4. The van der Waals surface area contributed by atoms with Gasteiger partial charge in [0.05, 0.1) is 4.90 Å². The number of benzene rings is 3. The molecule has 1 aliphatic heterocycles. The summed E-state index contributed by atoms with van der Waals surface area (Å²) in [5, 5.41) is 3.43. The van der Waals surface area contributed by atoms with Crippen LogP contribution in [0.4, 0.5) is 5.69 Å². The molecule has 3 aromatic rings. The fourth-order valence-electron chi connectivity index (χ4n) is 3.56. The predicted molar refractivity (Wildman–Crippen MR) is 118 cm³/mol. The van der Waals surface area contributed by atoms with Crippen molar-refractivity contribution in [3.63, 3.8) is 0 Å². The molecule has 0 saturated carbocycles. The molecule has 1 aliphatic rings. The molecule has 1 amide bonds. The second-order valence-corrected chi connectivity index (χ2v) is 9.67. The van der Waals surface area contributed by atoms with Gasteiger partial charge in [-0.3, -0.25) is 4.79 Å². The smallest absolute Gasteiger partial charge is 0.255 e. The Morgan fingerprint density at radius 3 is 2.40 bits per heavy atom. The summed E-state index contributed by atoms with van der Waals surface area (Å²) in [7, 11) is -3.63. The van der Waals surface area contributed by atoms with E-state index in [1.165, 1.54) is 34.1 Å². The highest BCUT2D eigenvalue weighted by molar-refractivity contribution is 7.89. The fourth-order valence-corrected chi connectivity index (χ4v) is 5.21. The zero-order valence-electron chi connectivity index (χ0n) is 16.4. The topological polar surface area (TPSA) is 66.5 Å². The van der Waals surface area contributed by atoms with E-state index in [1.807, 2.05) is 31.2 Å². The van der Waals surface area contributed by atoms with Gasteiger partial charge in [-0.05, 0) is 72.5 Å². The number of halogens is 1. The maximum absolute atomic E-state index is 13.1. The third kappa shape index (κ3) is 4.12. The van der Waals surface area contributed by atoms with Crippen molar-refractivity contribution >= 4 is 33.2 Å². The van der Waals surface area contributed by atoms with Gasteiger partial charge < -0.3 is 5.32 Å². The van der Waals surface area contributed by atoms with E-state index in [0.29, 0.717) is 35.8 Å². The maximum atomic E-state index is 13.1. The summed E-state index contributed by atoms with van der Waals surface area (Å²) in [4.78, 5) is 12.7. The van der Waals surface area contributed by atoms with Gasteiger partial charge in [-0.2, -0.15) is 4.31 Å². The Hall–Kier alpha value is -2.67. The number of fused-ring (bicyclic) bond motifs is 1. The number of hydrogen-bond acceptors (Lipinski definition) is 3. The Kier molecular flexibility index (Phi) is 5.64. The number of aryl methyl sites for hydroxylation is 1. The first-order valence-corrected chi connectivity index (χ1v) is 11.4. The van der Waals surface area contributed by atoms with Crippen LogP contribution < -0.4 is 5.32 Å². The van der Waals surface area contributed by atoms with E-state index in [0.717, 1.165) is 11.1 Å². The van der Waals surface area contributed by atoms with Gasteiger partial charge in [0.15, 0.2) is 0 Å². The third-order valence-corrected chi connectivity index (χ3v) is 7.38. The zero-order valence-corrected chi connectivity index (χ0v) is 18.0. The lowest BCUT2D eigenvalue weighted by molar-refractivity contribution is 0.102. The minimum absolute atomic E-state index is 0.182. The van der Waals surface area contributed by atoms with Crippen molar-refractivity contribution in [1.82, 2.24) is 4.31 Å². The molecule has 7 heteroatoms. The van der Waals surface area contributed by atoms with Crippen LogP contribution in [-0.2, 0) is 23.0 Å². The summed E-state index contributed by atoms with van der Waals surface area (Å²) in [6, 6.07) is 19.1. The van der Waals surface area contributed by atoms with Crippen LogP contribution in [0.2, 0.25) is 5.02 Å². The highest BCUT2D eigenvalue weighted by Gasteiger charge is 2.28. The molecule has 1 heterocycles.